The van der Waals surface area contributed by atoms with Gasteiger partial charge in [0.05, 0.1) is 16.8 Å². The maximum absolute atomic E-state index is 12.5. The Morgan fingerprint density at radius 1 is 1.33 bits per heavy atom. The number of carbonyl (C=O) groups excluding carboxylic acids is 1. The molecule has 0 saturated carbocycles. The zero-order valence-electron chi connectivity index (χ0n) is 11.8. The van der Waals surface area contributed by atoms with Crippen molar-refractivity contribution in [3.8, 4) is 0 Å². The molecule has 0 atom stereocenters. The zero-order chi connectivity index (χ0) is 14.9. The molecule has 21 heavy (non-hydrogen) atoms. The van der Waals surface area contributed by atoms with E-state index in [4.69, 9.17) is 9.84 Å². The summed E-state index contributed by atoms with van der Waals surface area (Å²) in [6.07, 6.45) is 4.33. The van der Waals surface area contributed by atoms with Crippen molar-refractivity contribution in [1.29, 1.82) is 0 Å². The predicted octanol–water partition coefficient (Wildman–Crippen LogP) is 1.99. The Labute approximate surface area is 127 Å². The Hall–Kier alpha value is -1.40. The van der Waals surface area contributed by atoms with E-state index in [9.17, 15) is 9.59 Å². The Morgan fingerprint density at radius 3 is 2.76 bits per heavy atom. The summed E-state index contributed by atoms with van der Waals surface area (Å²) in [5, 5.41) is 12.1. The quantitative estimate of drug-likeness (QED) is 0.892. The molecule has 0 spiro atoms. The molecule has 1 aliphatic carbocycles. The van der Waals surface area contributed by atoms with Crippen LogP contribution in [0.3, 0.4) is 0 Å². The second kappa shape index (κ2) is 5.77. The number of carboxylic acids is 1. The fourth-order valence-electron chi connectivity index (χ4n) is 3.14. The molecule has 1 amide bonds. The van der Waals surface area contributed by atoms with E-state index in [-0.39, 0.29) is 12.3 Å². The summed E-state index contributed by atoms with van der Waals surface area (Å²) in [6.45, 7) is 0.989. The first-order chi connectivity index (χ1) is 10.1. The summed E-state index contributed by atoms with van der Waals surface area (Å²) >= 11 is 1.55. The molecular weight excluding hydrogens is 290 g/mol. The molecule has 2 heterocycles. The Kier molecular flexibility index (Phi) is 3.99. The van der Waals surface area contributed by atoms with Gasteiger partial charge in [-0.05, 0) is 43.7 Å². The first kappa shape index (κ1) is 14.5. The van der Waals surface area contributed by atoms with Crippen molar-refractivity contribution < 1.29 is 19.4 Å². The Bertz CT molecular complexity index is 539. The molecule has 1 aliphatic heterocycles. The molecule has 5 nitrogen and oxygen atoms in total. The van der Waals surface area contributed by atoms with Crippen LogP contribution < -0.4 is 5.32 Å². The molecule has 1 fully saturated rings. The highest BCUT2D eigenvalue weighted by atomic mass is 32.1. The van der Waals surface area contributed by atoms with Gasteiger partial charge in [-0.3, -0.25) is 9.59 Å². The average Bonchev–Trinajstić information content (AvgIpc) is 2.99. The van der Waals surface area contributed by atoms with Crippen LogP contribution in [0.4, 0.5) is 0 Å². The van der Waals surface area contributed by atoms with Crippen molar-refractivity contribution in [2.75, 3.05) is 13.2 Å². The summed E-state index contributed by atoms with van der Waals surface area (Å²) < 4.78 is 5.30. The van der Waals surface area contributed by atoms with Crippen LogP contribution in [0.5, 0.6) is 0 Å². The minimum absolute atomic E-state index is 0.0484. The van der Waals surface area contributed by atoms with Crippen LogP contribution in [0.15, 0.2) is 6.07 Å². The molecule has 3 rings (SSSR count). The molecular formula is C15H19NO4S. The van der Waals surface area contributed by atoms with E-state index in [2.05, 4.69) is 5.32 Å². The minimum Gasteiger partial charge on any atom is -0.481 e. The van der Waals surface area contributed by atoms with E-state index < -0.39 is 11.5 Å². The number of hydrogen-bond donors (Lipinski definition) is 2. The maximum atomic E-state index is 12.5. The highest BCUT2D eigenvalue weighted by Crippen LogP contribution is 2.32. The zero-order valence-corrected chi connectivity index (χ0v) is 12.6. The fraction of sp³-hybridized carbons (Fsp3) is 0.600. The van der Waals surface area contributed by atoms with Crippen LogP contribution in [-0.4, -0.2) is 35.7 Å². The van der Waals surface area contributed by atoms with Gasteiger partial charge in [0.25, 0.3) is 5.91 Å². The van der Waals surface area contributed by atoms with Crippen molar-refractivity contribution in [2.24, 2.45) is 0 Å². The standard InChI is InChI=1S/C15H19NO4S/c17-13(18)9-15(4-6-20-7-5-15)16-14(19)12-8-10-2-1-3-11(10)21-12/h8H,1-7,9H2,(H,16,19)(H,17,18). The topological polar surface area (TPSA) is 75.6 Å². The van der Waals surface area contributed by atoms with E-state index in [1.54, 1.807) is 11.3 Å². The van der Waals surface area contributed by atoms with Crippen molar-refractivity contribution in [3.63, 3.8) is 0 Å². The van der Waals surface area contributed by atoms with Crippen molar-refractivity contribution in [2.45, 2.75) is 44.1 Å². The van der Waals surface area contributed by atoms with E-state index in [0.29, 0.717) is 30.9 Å². The van der Waals surface area contributed by atoms with Crippen LogP contribution in [0, 0.1) is 0 Å². The number of amides is 1. The van der Waals surface area contributed by atoms with Gasteiger partial charge in [-0.1, -0.05) is 0 Å². The van der Waals surface area contributed by atoms with Crippen molar-refractivity contribution >= 4 is 23.2 Å². The van der Waals surface area contributed by atoms with E-state index >= 15 is 0 Å². The van der Waals surface area contributed by atoms with Gasteiger partial charge in [0, 0.05) is 18.1 Å². The number of aryl methyl sites for hydroxylation is 2. The number of carboxylic acid groups (broad SMARTS) is 1. The molecule has 0 aromatic carbocycles. The monoisotopic (exact) mass is 309 g/mol. The lowest BCUT2D eigenvalue weighted by Crippen LogP contribution is -2.53. The number of hydrogen-bond acceptors (Lipinski definition) is 4. The van der Waals surface area contributed by atoms with Crippen LogP contribution in [-0.2, 0) is 22.4 Å². The van der Waals surface area contributed by atoms with Gasteiger partial charge in [-0.15, -0.1) is 11.3 Å². The first-order valence-electron chi connectivity index (χ1n) is 7.32. The number of carbonyl (C=O) groups is 2. The van der Waals surface area contributed by atoms with Gasteiger partial charge in [0.2, 0.25) is 0 Å². The first-order valence-corrected chi connectivity index (χ1v) is 8.13. The fourth-order valence-corrected chi connectivity index (χ4v) is 4.29. The molecule has 6 heteroatoms. The molecule has 1 saturated heterocycles. The number of ether oxygens (including phenoxy) is 1. The third-order valence-corrected chi connectivity index (χ3v) is 5.52. The van der Waals surface area contributed by atoms with Crippen LogP contribution in [0.1, 0.15) is 45.8 Å². The lowest BCUT2D eigenvalue weighted by Gasteiger charge is -2.36. The summed E-state index contributed by atoms with van der Waals surface area (Å²) in [7, 11) is 0. The molecule has 0 radical (unpaired) electrons. The highest BCUT2D eigenvalue weighted by Gasteiger charge is 2.37. The third kappa shape index (κ3) is 3.11. The molecule has 114 valence electrons. The third-order valence-electron chi connectivity index (χ3n) is 4.29. The molecule has 2 N–H and O–H groups in total. The number of aliphatic carboxylic acids is 1. The van der Waals surface area contributed by atoms with E-state index in [0.717, 1.165) is 12.8 Å². The lowest BCUT2D eigenvalue weighted by atomic mass is 9.86. The van der Waals surface area contributed by atoms with Gasteiger partial charge in [-0.2, -0.15) is 0 Å². The Balaban J connectivity index is 1.74. The van der Waals surface area contributed by atoms with E-state index in [1.807, 2.05) is 6.07 Å². The largest absolute Gasteiger partial charge is 0.481 e. The number of nitrogens with one attached hydrogen (secondary N) is 1. The summed E-state index contributed by atoms with van der Waals surface area (Å²) in [6, 6.07) is 1.97. The molecule has 1 aromatic heterocycles. The predicted molar refractivity (Wildman–Crippen MR) is 78.8 cm³/mol. The lowest BCUT2D eigenvalue weighted by molar-refractivity contribution is -0.139. The molecule has 0 bridgehead atoms. The summed E-state index contributed by atoms with van der Waals surface area (Å²) in [5.74, 6) is -1.02. The maximum Gasteiger partial charge on any atom is 0.305 e. The Morgan fingerprint density at radius 2 is 2.10 bits per heavy atom. The average molecular weight is 309 g/mol. The van der Waals surface area contributed by atoms with Gasteiger partial charge < -0.3 is 15.2 Å². The second-order valence-corrected chi connectivity index (χ2v) is 6.97. The van der Waals surface area contributed by atoms with Crippen LogP contribution in [0.25, 0.3) is 0 Å². The summed E-state index contributed by atoms with van der Waals surface area (Å²) in [4.78, 5) is 25.6. The van der Waals surface area contributed by atoms with Gasteiger partial charge in [0.1, 0.15) is 0 Å². The number of rotatable bonds is 4. The normalized spacial score (nSPS) is 20.0. The summed E-state index contributed by atoms with van der Waals surface area (Å²) in [5.41, 5.74) is 0.611. The molecule has 2 aliphatic rings. The second-order valence-electron chi connectivity index (χ2n) is 5.83. The molecule has 1 aromatic rings. The van der Waals surface area contributed by atoms with Crippen LogP contribution >= 0.6 is 11.3 Å². The van der Waals surface area contributed by atoms with Crippen molar-refractivity contribution in [1.82, 2.24) is 5.32 Å². The van der Waals surface area contributed by atoms with Crippen molar-refractivity contribution in [3.05, 3.63) is 21.4 Å². The van der Waals surface area contributed by atoms with Gasteiger partial charge in [-0.25, -0.2) is 0 Å². The number of fused-ring (bicyclic) bond motifs is 1. The SMILES string of the molecule is O=C(O)CC1(NC(=O)c2cc3c(s2)CCC3)CCOCC1. The van der Waals surface area contributed by atoms with E-state index in [1.165, 1.54) is 16.9 Å². The smallest absolute Gasteiger partial charge is 0.305 e. The number of thiophene rings is 1. The van der Waals surface area contributed by atoms with Gasteiger partial charge in [0.15, 0.2) is 0 Å². The van der Waals surface area contributed by atoms with Gasteiger partial charge >= 0.3 is 5.97 Å². The highest BCUT2D eigenvalue weighted by molar-refractivity contribution is 7.14. The van der Waals surface area contributed by atoms with Crippen LogP contribution in [0.2, 0.25) is 0 Å². The minimum atomic E-state index is -0.883. The molecule has 0 unspecified atom stereocenters.